The Kier molecular flexibility index (Phi) is 2.39. The Morgan fingerprint density at radius 1 is 1.47 bits per heavy atom. The van der Waals surface area contributed by atoms with E-state index in [4.69, 9.17) is 0 Å². The number of hydrogen-bond donors (Lipinski definition) is 2. The quantitative estimate of drug-likeness (QED) is 0.710. The van der Waals surface area contributed by atoms with Gasteiger partial charge in [-0.2, -0.15) is 0 Å². The fraction of sp³-hybridized carbons (Fsp3) is 0.200. The van der Waals surface area contributed by atoms with Crippen LogP contribution in [-0.2, 0) is 0 Å². The molecule has 1 aromatic carbocycles. The van der Waals surface area contributed by atoms with E-state index < -0.39 is 0 Å². The second kappa shape index (κ2) is 3.70. The third kappa shape index (κ3) is 1.97. The molecule has 2 aromatic rings. The molecule has 2 N–H and O–H groups in total. The Morgan fingerprint density at radius 3 is 3.00 bits per heavy atom. The van der Waals surface area contributed by atoms with Crippen LogP contribution in [0.25, 0.3) is 11.0 Å². The van der Waals surface area contributed by atoms with Crippen molar-refractivity contribution in [2.45, 2.75) is 0 Å². The van der Waals surface area contributed by atoms with Crippen LogP contribution in [0.1, 0.15) is 10.4 Å². The number of fused-ring (bicyclic) bond motifs is 1. The average molecular weight is 204 g/mol. The number of imidazole rings is 1. The molecule has 1 amide bonds. The van der Waals surface area contributed by atoms with Crippen LogP contribution in [0.5, 0.6) is 0 Å². The molecule has 1 heterocycles. The van der Waals surface area contributed by atoms with Gasteiger partial charge in [0.15, 0.2) is 0 Å². The van der Waals surface area contributed by atoms with E-state index in [2.05, 4.69) is 15.4 Å². The Balaban J connectivity index is 2.31. The predicted molar refractivity (Wildman–Crippen MR) is 57.2 cm³/mol. The number of hydrogen-bond acceptors (Lipinski definition) is 3. The van der Waals surface area contributed by atoms with Crippen LogP contribution in [0, 0.1) is 0 Å². The van der Waals surface area contributed by atoms with Crippen molar-refractivity contribution in [2.75, 3.05) is 14.1 Å². The first-order valence-corrected chi connectivity index (χ1v) is 4.58. The monoisotopic (exact) mass is 204 g/mol. The summed E-state index contributed by atoms with van der Waals surface area (Å²) in [7, 11) is 3.54. The number of aromatic amines is 1. The minimum Gasteiger partial charge on any atom is -0.345 e. The molecule has 0 atom stereocenters. The third-order valence-corrected chi connectivity index (χ3v) is 2.01. The van der Waals surface area contributed by atoms with Crippen molar-refractivity contribution in [3.63, 3.8) is 0 Å². The third-order valence-electron chi connectivity index (χ3n) is 2.01. The summed E-state index contributed by atoms with van der Waals surface area (Å²) in [5.74, 6) is -0.128. The summed E-state index contributed by atoms with van der Waals surface area (Å²) in [4.78, 5) is 18.7. The lowest BCUT2D eigenvalue weighted by Gasteiger charge is -2.11. The molecule has 15 heavy (non-hydrogen) atoms. The highest BCUT2D eigenvalue weighted by atomic mass is 16.2. The number of H-pyrrole nitrogens is 1. The highest BCUT2D eigenvalue weighted by Crippen LogP contribution is 2.11. The van der Waals surface area contributed by atoms with E-state index in [0.29, 0.717) is 5.56 Å². The summed E-state index contributed by atoms with van der Waals surface area (Å²) < 4.78 is 0. The van der Waals surface area contributed by atoms with Crippen LogP contribution in [0.3, 0.4) is 0 Å². The Hall–Kier alpha value is -1.88. The van der Waals surface area contributed by atoms with E-state index in [9.17, 15) is 4.79 Å². The van der Waals surface area contributed by atoms with Crippen molar-refractivity contribution in [3.8, 4) is 0 Å². The van der Waals surface area contributed by atoms with Gasteiger partial charge in [0.25, 0.3) is 5.91 Å². The number of carbonyl (C=O) groups is 1. The number of carbonyl (C=O) groups excluding carboxylic acids is 1. The van der Waals surface area contributed by atoms with Gasteiger partial charge in [0.2, 0.25) is 0 Å². The zero-order valence-electron chi connectivity index (χ0n) is 8.61. The molecule has 0 aliphatic rings. The first-order valence-electron chi connectivity index (χ1n) is 4.58. The molecule has 5 heteroatoms. The largest absolute Gasteiger partial charge is 0.345 e. The molecule has 0 bridgehead atoms. The van der Waals surface area contributed by atoms with Gasteiger partial charge < -0.3 is 4.98 Å². The van der Waals surface area contributed by atoms with Gasteiger partial charge >= 0.3 is 0 Å². The molecular weight excluding hydrogens is 192 g/mol. The number of benzene rings is 1. The summed E-state index contributed by atoms with van der Waals surface area (Å²) in [5.41, 5.74) is 5.01. The summed E-state index contributed by atoms with van der Waals surface area (Å²) in [6, 6.07) is 5.35. The van der Waals surface area contributed by atoms with Crippen LogP contribution in [-0.4, -0.2) is 35.0 Å². The van der Waals surface area contributed by atoms with Crippen LogP contribution >= 0.6 is 0 Å². The first kappa shape index (κ1) is 9.67. The van der Waals surface area contributed by atoms with Crippen molar-refractivity contribution in [1.82, 2.24) is 20.4 Å². The lowest BCUT2D eigenvalue weighted by atomic mass is 10.2. The van der Waals surface area contributed by atoms with E-state index >= 15 is 0 Å². The maximum absolute atomic E-state index is 11.6. The summed E-state index contributed by atoms with van der Waals surface area (Å²) >= 11 is 0. The van der Waals surface area contributed by atoms with Gasteiger partial charge in [0, 0.05) is 19.7 Å². The minimum atomic E-state index is -0.128. The molecule has 0 spiro atoms. The lowest BCUT2D eigenvalue weighted by molar-refractivity contribution is 0.0857. The molecule has 78 valence electrons. The van der Waals surface area contributed by atoms with E-state index in [1.807, 2.05) is 6.07 Å². The lowest BCUT2D eigenvalue weighted by Crippen LogP contribution is -2.36. The summed E-state index contributed by atoms with van der Waals surface area (Å²) in [6.07, 6.45) is 1.61. The van der Waals surface area contributed by atoms with Crippen LogP contribution in [0.4, 0.5) is 0 Å². The number of amides is 1. The van der Waals surface area contributed by atoms with Gasteiger partial charge in [-0.1, -0.05) is 0 Å². The SMILES string of the molecule is CN(C)NC(=O)c1ccc2nc[nH]c2c1. The average Bonchev–Trinajstić information content (AvgIpc) is 2.62. The standard InChI is InChI=1S/C10H12N4O/c1-14(2)13-10(15)7-3-4-8-9(5-7)12-6-11-8/h3-6H,1-2H3,(H,11,12)(H,13,15). The van der Waals surface area contributed by atoms with Crippen molar-refractivity contribution in [1.29, 1.82) is 0 Å². The molecule has 5 nitrogen and oxygen atoms in total. The van der Waals surface area contributed by atoms with Gasteiger partial charge in [0.05, 0.1) is 17.4 Å². The summed E-state index contributed by atoms with van der Waals surface area (Å²) in [6.45, 7) is 0. The van der Waals surface area contributed by atoms with E-state index in [0.717, 1.165) is 11.0 Å². The number of nitrogens with zero attached hydrogens (tertiary/aromatic N) is 2. The van der Waals surface area contributed by atoms with Gasteiger partial charge in [-0.3, -0.25) is 10.2 Å². The fourth-order valence-electron chi connectivity index (χ4n) is 1.34. The van der Waals surface area contributed by atoms with Crippen LogP contribution < -0.4 is 5.43 Å². The highest BCUT2D eigenvalue weighted by Gasteiger charge is 2.07. The van der Waals surface area contributed by atoms with Crippen molar-refractivity contribution in [3.05, 3.63) is 30.1 Å². The topological polar surface area (TPSA) is 61.0 Å². The zero-order valence-corrected chi connectivity index (χ0v) is 8.61. The fourth-order valence-corrected chi connectivity index (χ4v) is 1.34. The second-order valence-electron chi connectivity index (χ2n) is 3.47. The minimum absolute atomic E-state index is 0.128. The maximum atomic E-state index is 11.6. The Labute approximate surface area is 87.1 Å². The maximum Gasteiger partial charge on any atom is 0.265 e. The van der Waals surface area contributed by atoms with Crippen molar-refractivity contribution in [2.24, 2.45) is 0 Å². The predicted octanol–water partition coefficient (Wildman–Crippen LogP) is 0.769. The van der Waals surface area contributed by atoms with Gasteiger partial charge in [0.1, 0.15) is 0 Å². The van der Waals surface area contributed by atoms with Gasteiger partial charge in [-0.25, -0.2) is 9.99 Å². The Bertz CT molecular complexity index is 489. The molecule has 0 fully saturated rings. The van der Waals surface area contributed by atoms with Gasteiger partial charge in [-0.15, -0.1) is 0 Å². The van der Waals surface area contributed by atoms with Crippen LogP contribution in [0.2, 0.25) is 0 Å². The molecule has 0 aliphatic carbocycles. The molecule has 1 aromatic heterocycles. The number of rotatable bonds is 2. The smallest absolute Gasteiger partial charge is 0.265 e. The molecular formula is C10H12N4O. The molecule has 0 radical (unpaired) electrons. The van der Waals surface area contributed by atoms with Crippen LogP contribution in [0.15, 0.2) is 24.5 Å². The normalized spacial score (nSPS) is 10.9. The van der Waals surface area contributed by atoms with E-state index in [-0.39, 0.29) is 5.91 Å². The van der Waals surface area contributed by atoms with Gasteiger partial charge in [-0.05, 0) is 18.2 Å². The molecule has 0 saturated carbocycles. The Morgan fingerprint density at radius 2 is 2.27 bits per heavy atom. The number of aromatic nitrogens is 2. The molecule has 2 rings (SSSR count). The van der Waals surface area contributed by atoms with E-state index in [1.165, 1.54) is 0 Å². The highest BCUT2D eigenvalue weighted by molar-refractivity contribution is 5.96. The molecule has 0 unspecified atom stereocenters. The number of nitrogens with one attached hydrogen (secondary N) is 2. The zero-order chi connectivity index (χ0) is 10.8. The second-order valence-corrected chi connectivity index (χ2v) is 3.47. The molecule has 0 aliphatic heterocycles. The molecule has 0 saturated heterocycles. The summed E-state index contributed by atoms with van der Waals surface area (Å²) in [5, 5.41) is 1.61. The van der Waals surface area contributed by atoms with E-state index in [1.54, 1.807) is 37.6 Å². The first-order chi connectivity index (χ1) is 7.16. The van der Waals surface area contributed by atoms with Crippen molar-refractivity contribution >= 4 is 16.9 Å². The number of hydrazine groups is 1. The van der Waals surface area contributed by atoms with Crippen molar-refractivity contribution < 1.29 is 4.79 Å².